The van der Waals surface area contributed by atoms with Crippen molar-refractivity contribution >= 4 is 17.3 Å². The van der Waals surface area contributed by atoms with E-state index in [1.54, 1.807) is 17.0 Å². The van der Waals surface area contributed by atoms with Gasteiger partial charge >= 0.3 is 6.03 Å². The van der Waals surface area contributed by atoms with E-state index in [1.165, 1.54) is 12.1 Å². The zero-order valence-electron chi connectivity index (χ0n) is 18.1. The molecule has 0 spiro atoms. The van der Waals surface area contributed by atoms with Crippen LogP contribution in [0.25, 0.3) is 17.0 Å². The van der Waals surface area contributed by atoms with Crippen LogP contribution < -0.4 is 10.2 Å². The topological polar surface area (TPSA) is 71.3 Å². The molecule has 0 saturated heterocycles. The number of hydrogen-bond acceptors (Lipinski definition) is 4. The number of carbonyl (C=O) groups is 1. The van der Waals surface area contributed by atoms with Crippen LogP contribution in [0.1, 0.15) is 30.0 Å². The summed E-state index contributed by atoms with van der Waals surface area (Å²) in [5, 5.41) is 7.13. The van der Waals surface area contributed by atoms with Gasteiger partial charge in [0.1, 0.15) is 5.82 Å². The fourth-order valence-electron chi connectivity index (χ4n) is 4.00. The molecule has 1 aliphatic heterocycles. The molecule has 0 fully saturated rings. The Bertz CT molecular complexity index is 1350. The molecule has 5 rings (SSSR count). The minimum atomic E-state index is -0.654. The van der Waals surface area contributed by atoms with E-state index in [4.69, 9.17) is 4.52 Å². The smallest absolute Gasteiger partial charge is 0.326 e. The van der Waals surface area contributed by atoms with Crippen LogP contribution in [0.3, 0.4) is 0 Å². The number of urea groups is 1. The number of rotatable bonds is 4. The summed E-state index contributed by atoms with van der Waals surface area (Å²) in [6.45, 7) is 3.81. The van der Waals surface area contributed by atoms with Gasteiger partial charge in [0, 0.05) is 11.3 Å². The molecule has 1 aromatic heterocycles. The van der Waals surface area contributed by atoms with E-state index in [0.29, 0.717) is 28.3 Å². The number of anilines is 1. The van der Waals surface area contributed by atoms with Crippen molar-refractivity contribution in [2.75, 3.05) is 4.90 Å². The van der Waals surface area contributed by atoms with E-state index in [1.807, 2.05) is 68.4 Å². The van der Waals surface area contributed by atoms with Gasteiger partial charge in [-0.2, -0.15) is 4.98 Å². The average molecular weight is 440 g/mol. The Morgan fingerprint density at radius 2 is 1.73 bits per heavy atom. The van der Waals surface area contributed by atoms with Crippen molar-refractivity contribution in [2.45, 2.75) is 19.9 Å². The van der Waals surface area contributed by atoms with Gasteiger partial charge in [-0.1, -0.05) is 65.3 Å². The van der Waals surface area contributed by atoms with Gasteiger partial charge in [0.05, 0.1) is 17.3 Å². The second-order valence-electron chi connectivity index (χ2n) is 7.90. The highest BCUT2D eigenvalue weighted by atomic mass is 19.1. The van der Waals surface area contributed by atoms with Crippen LogP contribution in [0.15, 0.2) is 89.1 Å². The van der Waals surface area contributed by atoms with Gasteiger partial charge in [0.25, 0.3) is 5.89 Å². The third-order valence-corrected chi connectivity index (χ3v) is 5.65. The first-order valence-electron chi connectivity index (χ1n) is 10.5. The molecule has 1 N–H and O–H groups in total. The zero-order valence-corrected chi connectivity index (χ0v) is 18.1. The Hall–Kier alpha value is -4.26. The van der Waals surface area contributed by atoms with Crippen LogP contribution in [0, 0.1) is 12.7 Å². The molecule has 0 saturated carbocycles. The van der Waals surface area contributed by atoms with Crippen LogP contribution in [0.2, 0.25) is 0 Å². The van der Waals surface area contributed by atoms with E-state index in [-0.39, 0.29) is 11.9 Å². The molecule has 1 unspecified atom stereocenters. The fourth-order valence-corrected chi connectivity index (χ4v) is 4.00. The highest BCUT2D eigenvalue weighted by Gasteiger charge is 2.36. The van der Waals surface area contributed by atoms with Crippen molar-refractivity contribution in [1.82, 2.24) is 15.5 Å². The molecular formula is C26H21FN4O2. The highest BCUT2D eigenvalue weighted by molar-refractivity contribution is 6.01. The number of aromatic nitrogens is 2. The first kappa shape index (κ1) is 20.6. The van der Waals surface area contributed by atoms with Crippen LogP contribution in [-0.4, -0.2) is 16.2 Å². The van der Waals surface area contributed by atoms with Gasteiger partial charge in [-0.05, 0) is 43.7 Å². The minimum Gasteiger partial charge on any atom is -0.334 e. The van der Waals surface area contributed by atoms with Crippen molar-refractivity contribution < 1.29 is 13.7 Å². The molecule has 2 amide bonds. The summed E-state index contributed by atoms with van der Waals surface area (Å²) in [6.07, 6.45) is 0. The summed E-state index contributed by atoms with van der Waals surface area (Å²) in [5.74, 6) is 0.302. The lowest BCUT2D eigenvalue weighted by molar-refractivity contribution is 0.244. The van der Waals surface area contributed by atoms with Crippen LogP contribution in [-0.2, 0) is 0 Å². The molecule has 6 nitrogen and oxygen atoms in total. The number of aryl methyl sites for hydroxylation is 1. The molecular weight excluding hydrogens is 419 g/mol. The van der Waals surface area contributed by atoms with Gasteiger partial charge in [-0.15, -0.1) is 0 Å². The maximum Gasteiger partial charge on any atom is 0.326 e. The van der Waals surface area contributed by atoms with Crippen LogP contribution >= 0.6 is 0 Å². The van der Waals surface area contributed by atoms with Crippen LogP contribution in [0.5, 0.6) is 0 Å². The van der Waals surface area contributed by atoms with Crippen LogP contribution in [0.4, 0.5) is 14.9 Å². The lowest BCUT2D eigenvalue weighted by atomic mass is 9.94. The monoisotopic (exact) mass is 440 g/mol. The zero-order chi connectivity index (χ0) is 22.9. The summed E-state index contributed by atoms with van der Waals surface area (Å²) in [7, 11) is 0. The number of hydrogen-bond donors (Lipinski definition) is 1. The summed E-state index contributed by atoms with van der Waals surface area (Å²) < 4.78 is 19.7. The molecule has 1 atom stereocenters. The van der Waals surface area contributed by atoms with E-state index in [0.717, 1.165) is 11.1 Å². The van der Waals surface area contributed by atoms with Gasteiger partial charge in [-0.3, -0.25) is 4.90 Å². The van der Waals surface area contributed by atoms with Gasteiger partial charge in [-0.25, -0.2) is 9.18 Å². The molecule has 7 heteroatoms. The number of nitrogens with one attached hydrogen (secondary N) is 1. The highest BCUT2D eigenvalue weighted by Crippen LogP contribution is 2.39. The molecule has 4 aromatic rings. The van der Waals surface area contributed by atoms with Gasteiger partial charge < -0.3 is 9.84 Å². The number of allylic oxidation sites excluding steroid dienone is 1. The maximum absolute atomic E-state index is 14.1. The molecule has 3 aromatic carbocycles. The number of amides is 2. The number of carbonyl (C=O) groups excluding carboxylic acids is 1. The normalized spacial score (nSPS) is 16.2. The predicted molar refractivity (Wildman–Crippen MR) is 124 cm³/mol. The minimum absolute atomic E-state index is 0.262. The second-order valence-corrected chi connectivity index (χ2v) is 7.90. The third-order valence-electron chi connectivity index (χ3n) is 5.65. The Morgan fingerprint density at radius 1 is 0.970 bits per heavy atom. The summed E-state index contributed by atoms with van der Waals surface area (Å²) in [5.41, 5.74) is 4.41. The Balaban J connectivity index is 1.66. The Labute approximate surface area is 190 Å². The number of halogens is 1. The molecule has 164 valence electrons. The second kappa shape index (κ2) is 8.35. The SMILES string of the molecule is CC1=C(c2nc(-c3ccccc3)no2)C(c2cccc(F)c2)NC(=O)N1c1ccc(C)cc1. The standard InChI is InChI=1S/C26H21FN4O2/c1-16-11-13-21(14-12-16)31-17(2)22(23(28-26(31)32)19-9-6-10-20(27)15-19)25-29-24(30-33-25)18-7-4-3-5-8-18/h3-15,23H,1-2H3,(H,28,32). The Kier molecular flexibility index (Phi) is 5.22. The van der Waals surface area contributed by atoms with Gasteiger partial charge in [0.15, 0.2) is 0 Å². The summed E-state index contributed by atoms with van der Waals surface area (Å²) in [4.78, 5) is 19.4. The first-order chi connectivity index (χ1) is 16.0. The largest absolute Gasteiger partial charge is 0.334 e. The fraction of sp³-hybridized carbons (Fsp3) is 0.115. The molecule has 0 radical (unpaired) electrons. The lowest BCUT2D eigenvalue weighted by Gasteiger charge is -2.35. The van der Waals surface area contributed by atoms with E-state index in [9.17, 15) is 9.18 Å². The maximum atomic E-state index is 14.1. The van der Waals surface area contributed by atoms with Crippen molar-refractivity contribution in [1.29, 1.82) is 0 Å². The average Bonchev–Trinajstić information content (AvgIpc) is 3.30. The quantitative estimate of drug-likeness (QED) is 0.430. The molecule has 0 bridgehead atoms. The van der Waals surface area contributed by atoms with E-state index >= 15 is 0 Å². The van der Waals surface area contributed by atoms with Crippen molar-refractivity contribution in [3.05, 3.63) is 107 Å². The first-order valence-corrected chi connectivity index (χ1v) is 10.5. The number of nitrogens with zero attached hydrogens (tertiary/aromatic N) is 3. The molecule has 0 aliphatic carbocycles. The third kappa shape index (κ3) is 3.89. The van der Waals surface area contributed by atoms with Crippen molar-refractivity contribution in [2.24, 2.45) is 0 Å². The molecule has 1 aliphatic rings. The Morgan fingerprint density at radius 3 is 2.45 bits per heavy atom. The molecule has 2 heterocycles. The van der Waals surface area contributed by atoms with Crippen molar-refractivity contribution in [3.63, 3.8) is 0 Å². The van der Waals surface area contributed by atoms with E-state index in [2.05, 4.69) is 15.5 Å². The lowest BCUT2D eigenvalue weighted by Crippen LogP contribution is -2.46. The summed E-state index contributed by atoms with van der Waals surface area (Å²) in [6, 6.07) is 22.3. The van der Waals surface area contributed by atoms with Crippen molar-refractivity contribution in [3.8, 4) is 11.4 Å². The molecule has 33 heavy (non-hydrogen) atoms. The summed E-state index contributed by atoms with van der Waals surface area (Å²) >= 11 is 0. The predicted octanol–water partition coefficient (Wildman–Crippen LogP) is 5.89. The van der Waals surface area contributed by atoms with Gasteiger partial charge in [0.2, 0.25) is 5.82 Å². The number of benzene rings is 3. The van der Waals surface area contributed by atoms with E-state index < -0.39 is 11.9 Å².